The van der Waals surface area contributed by atoms with Gasteiger partial charge in [0.15, 0.2) is 11.6 Å². The molecule has 1 fully saturated rings. The fourth-order valence-electron chi connectivity index (χ4n) is 3.95. The first kappa shape index (κ1) is 20.2. The third-order valence-electron chi connectivity index (χ3n) is 5.58. The predicted molar refractivity (Wildman–Crippen MR) is 100 cm³/mol. The Morgan fingerprint density at radius 2 is 1.56 bits per heavy atom. The molecule has 1 nitrogen and oxygen atoms in total. The van der Waals surface area contributed by atoms with Gasteiger partial charge in [-0.2, -0.15) is 4.39 Å². The van der Waals surface area contributed by atoms with E-state index in [9.17, 15) is 8.78 Å². The van der Waals surface area contributed by atoms with Gasteiger partial charge in [0.05, 0.1) is 6.61 Å². The van der Waals surface area contributed by atoms with E-state index in [4.69, 9.17) is 4.74 Å². The summed E-state index contributed by atoms with van der Waals surface area (Å²) in [6, 6.07) is 3.36. The first-order valence-corrected chi connectivity index (χ1v) is 10.3. The number of ether oxygens (including phenoxy) is 1. The van der Waals surface area contributed by atoms with E-state index < -0.39 is 11.6 Å². The van der Waals surface area contributed by atoms with Crippen LogP contribution in [0.4, 0.5) is 8.78 Å². The summed E-state index contributed by atoms with van der Waals surface area (Å²) in [5.41, 5.74) is 0.547. The highest BCUT2D eigenvalue weighted by molar-refractivity contribution is 5.33. The van der Waals surface area contributed by atoms with E-state index in [1.54, 1.807) is 12.1 Å². The zero-order chi connectivity index (χ0) is 18.1. The number of unbranched alkanes of at least 4 members (excludes halogenated alkanes) is 4. The molecule has 0 heterocycles. The quantitative estimate of drug-likeness (QED) is 0.399. The Bertz CT molecular complexity index is 507. The first-order chi connectivity index (χ1) is 12.2. The Morgan fingerprint density at radius 3 is 2.24 bits per heavy atom. The minimum Gasteiger partial charge on any atom is -0.490 e. The van der Waals surface area contributed by atoms with Gasteiger partial charge in [-0.15, -0.1) is 0 Å². The van der Waals surface area contributed by atoms with Crippen molar-refractivity contribution in [1.82, 2.24) is 0 Å². The van der Waals surface area contributed by atoms with Crippen molar-refractivity contribution < 1.29 is 13.5 Å². The van der Waals surface area contributed by atoms with E-state index in [-0.39, 0.29) is 11.7 Å². The predicted octanol–water partition coefficient (Wildman–Crippen LogP) is 7.39. The Hall–Kier alpha value is -1.12. The van der Waals surface area contributed by atoms with E-state index in [1.807, 2.05) is 0 Å². The maximum absolute atomic E-state index is 14.5. The molecule has 3 heteroatoms. The van der Waals surface area contributed by atoms with E-state index in [1.165, 1.54) is 25.7 Å². The largest absolute Gasteiger partial charge is 0.490 e. The van der Waals surface area contributed by atoms with Gasteiger partial charge in [-0.3, -0.25) is 0 Å². The molecule has 0 saturated heterocycles. The molecule has 142 valence electrons. The lowest BCUT2D eigenvalue weighted by atomic mass is 9.77. The smallest absolute Gasteiger partial charge is 0.200 e. The van der Waals surface area contributed by atoms with Crippen LogP contribution in [0, 0.1) is 17.6 Å². The third kappa shape index (κ3) is 5.97. The molecule has 0 bridgehead atoms. The topological polar surface area (TPSA) is 9.23 Å². The molecular formula is C22H34F2O. The molecule has 0 spiro atoms. The summed E-state index contributed by atoms with van der Waals surface area (Å²) in [7, 11) is 0. The second-order valence-corrected chi connectivity index (χ2v) is 7.55. The van der Waals surface area contributed by atoms with Gasteiger partial charge >= 0.3 is 0 Å². The molecule has 0 radical (unpaired) electrons. The van der Waals surface area contributed by atoms with Gasteiger partial charge in [-0.05, 0) is 55.6 Å². The van der Waals surface area contributed by atoms with Crippen LogP contribution in [0.1, 0.15) is 96.0 Å². The number of halogens is 2. The lowest BCUT2D eigenvalue weighted by Gasteiger charge is -2.29. The Balaban J connectivity index is 1.89. The highest BCUT2D eigenvalue weighted by Gasteiger charge is 2.26. The summed E-state index contributed by atoms with van der Waals surface area (Å²) in [5, 5.41) is 0. The fourth-order valence-corrected chi connectivity index (χ4v) is 3.95. The number of benzene rings is 1. The SMILES string of the molecule is CCCCCOc1ccc([C@H]2CC[C@H](CCCCC)CC2)c(F)c1F. The molecule has 1 aromatic carbocycles. The summed E-state index contributed by atoms with van der Waals surface area (Å²) in [5.74, 6) is -0.505. The molecule has 1 aliphatic carbocycles. The zero-order valence-electron chi connectivity index (χ0n) is 16.0. The standard InChI is InChI=1S/C22H34F2O/c1-3-5-7-9-17-10-12-18(13-11-17)19-14-15-20(22(24)21(19)23)25-16-8-6-4-2/h14-15,17-18H,3-13,16H2,1-2H3/t17-,18-. The normalized spacial score (nSPS) is 20.6. The molecule has 25 heavy (non-hydrogen) atoms. The number of rotatable bonds is 10. The van der Waals surface area contributed by atoms with E-state index in [0.29, 0.717) is 12.2 Å². The van der Waals surface area contributed by atoms with Crippen molar-refractivity contribution in [1.29, 1.82) is 0 Å². The molecule has 0 aromatic heterocycles. The van der Waals surface area contributed by atoms with Crippen molar-refractivity contribution in [2.75, 3.05) is 6.61 Å². The Labute approximate surface area is 152 Å². The van der Waals surface area contributed by atoms with Crippen molar-refractivity contribution in [3.8, 4) is 5.75 Å². The summed E-state index contributed by atoms with van der Waals surface area (Å²) >= 11 is 0. The van der Waals surface area contributed by atoms with Crippen LogP contribution in [0.25, 0.3) is 0 Å². The van der Waals surface area contributed by atoms with Crippen molar-refractivity contribution in [2.45, 2.75) is 90.4 Å². The van der Waals surface area contributed by atoms with E-state index in [2.05, 4.69) is 13.8 Å². The van der Waals surface area contributed by atoms with E-state index >= 15 is 0 Å². The molecule has 0 atom stereocenters. The Morgan fingerprint density at radius 1 is 0.880 bits per heavy atom. The van der Waals surface area contributed by atoms with Crippen LogP contribution in [-0.2, 0) is 0 Å². The maximum Gasteiger partial charge on any atom is 0.200 e. The van der Waals surface area contributed by atoms with Crippen LogP contribution in [0.3, 0.4) is 0 Å². The molecule has 1 aliphatic rings. The van der Waals surface area contributed by atoms with Crippen molar-refractivity contribution in [2.24, 2.45) is 5.92 Å². The first-order valence-electron chi connectivity index (χ1n) is 10.3. The van der Waals surface area contributed by atoms with Crippen LogP contribution in [0.15, 0.2) is 12.1 Å². The average molecular weight is 353 g/mol. The lowest BCUT2D eigenvalue weighted by molar-refractivity contribution is 0.280. The van der Waals surface area contributed by atoms with Gasteiger partial charge in [-0.1, -0.05) is 58.4 Å². The van der Waals surface area contributed by atoms with Gasteiger partial charge < -0.3 is 4.74 Å². The van der Waals surface area contributed by atoms with Gasteiger partial charge in [0.1, 0.15) is 0 Å². The minimum absolute atomic E-state index is 0.0607. The summed E-state index contributed by atoms with van der Waals surface area (Å²) in [6.45, 7) is 4.78. The molecule has 1 saturated carbocycles. The molecule has 2 rings (SSSR count). The van der Waals surface area contributed by atoms with Crippen LogP contribution < -0.4 is 4.74 Å². The van der Waals surface area contributed by atoms with Crippen LogP contribution in [0.2, 0.25) is 0 Å². The van der Waals surface area contributed by atoms with Gasteiger partial charge in [0.25, 0.3) is 0 Å². The minimum atomic E-state index is -0.806. The summed E-state index contributed by atoms with van der Waals surface area (Å²) in [4.78, 5) is 0. The lowest BCUT2D eigenvalue weighted by Crippen LogP contribution is -2.15. The fraction of sp³-hybridized carbons (Fsp3) is 0.727. The van der Waals surface area contributed by atoms with Gasteiger partial charge in [-0.25, -0.2) is 4.39 Å². The summed E-state index contributed by atoms with van der Waals surface area (Å²) in [6.07, 6.45) is 12.4. The molecule has 1 aromatic rings. The number of hydrogen-bond acceptors (Lipinski definition) is 1. The molecule has 0 unspecified atom stereocenters. The second kappa shape index (κ2) is 10.8. The third-order valence-corrected chi connectivity index (χ3v) is 5.58. The van der Waals surface area contributed by atoms with Crippen molar-refractivity contribution >= 4 is 0 Å². The Kier molecular flexibility index (Phi) is 8.71. The highest BCUT2D eigenvalue weighted by atomic mass is 19.2. The summed E-state index contributed by atoms with van der Waals surface area (Å²) < 4.78 is 34.2. The number of hydrogen-bond donors (Lipinski definition) is 0. The zero-order valence-corrected chi connectivity index (χ0v) is 16.0. The molecule has 0 amide bonds. The monoisotopic (exact) mass is 352 g/mol. The molecular weight excluding hydrogens is 318 g/mol. The second-order valence-electron chi connectivity index (χ2n) is 7.55. The van der Waals surface area contributed by atoms with Gasteiger partial charge in [0.2, 0.25) is 5.82 Å². The average Bonchev–Trinajstić information content (AvgIpc) is 2.63. The van der Waals surface area contributed by atoms with E-state index in [0.717, 1.165) is 50.9 Å². The van der Waals surface area contributed by atoms with Crippen LogP contribution in [-0.4, -0.2) is 6.61 Å². The van der Waals surface area contributed by atoms with Crippen LogP contribution in [0.5, 0.6) is 5.75 Å². The highest BCUT2D eigenvalue weighted by Crippen LogP contribution is 2.40. The molecule has 0 aliphatic heterocycles. The van der Waals surface area contributed by atoms with Crippen molar-refractivity contribution in [3.05, 3.63) is 29.3 Å². The van der Waals surface area contributed by atoms with Gasteiger partial charge in [0, 0.05) is 0 Å². The van der Waals surface area contributed by atoms with Crippen molar-refractivity contribution in [3.63, 3.8) is 0 Å². The molecule has 0 N–H and O–H groups in total. The maximum atomic E-state index is 14.5. The van der Waals surface area contributed by atoms with Crippen LogP contribution >= 0.6 is 0 Å².